The maximum absolute atomic E-state index is 11.1. The van der Waals surface area contributed by atoms with E-state index in [-0.39, 0.29) is 6.10 Å². The first kappa shape index (κ1) is 11.0. The first-order valence-corrected chi connectivity index (χ1v) is 7.46. The van der Waals surface area contributed by atoms with Crippen molar-refractivity contribution in [2.75, 3.05) is 12.0 Å². The first-order valence-electron chi connectivity index (χ1n) is 4.66. The maximum atomic E-state index is 11.1. The van der Waals surface area contributed by atoms with Crippen molar-refractivity contribution in [1.82, 2.24) is 0 Å². The lowest BCUT2D eigenvalue weighted by Crippen LogP contribution is -2.14. The molecule has 3 nitrogen and oxygen atoms in total. The smallest absolute Gasteiger partial charge is 0.262 e. The molecule has 0 bridgehead atoms. The maximum Gasteiger partial charge on any atom is 0.264 e. The van der Waals surface area contributed by atoms with Crippen LogP contribution in [0.5, 0.6) is 0 Å². The highest BCUT2D eigenvalue weighted by Crippen LogP contribution is 2.38. The average Bonchev–Trinajstić information content (AvgIpc) is 2.16. The summed E-state index contributed by atoms with van der Waals surface area (Å²) in [5, 5.41) is 0. The van der Waals surface area contributed by atoms with Gasteiger partial charge in [-0.25, -0.2) is 0 Å². The Morgan fingerprint density at radius 1 is 1.40 bits per heavy atom. The second kappa shape index (κ2) is 4.15. The molecule has 1 aromatic rings. The zero-order valence-corrected chi connectivity index (χ0v) is 9.98. The van der Waals surface area contributed by atoms with Gasteiger partial charge < -0.3 is 0 Å². The van der Waals surface area contributed by atoms with Crippen LogP contribution in [-0.2, 0) is 14.3 Å². The summed E-state index contributed by atoms with van der Waals surface area (Å²) >= 11 is 1.74. The molecule has 1 aromatic carbocycles. The van der Waals surface area contributed by atoms with E-state index < -0.39 is 10.1 Å². The fourth-order valence-electron chi connectivity index (χ4n) is 1.62. The normalized spacial score (nSPS) is 21.0. The zero-order valence-electron chi connectivity index (χ0n) is 8.34. The number of hydrogen-bond acceptors (Lipinski definition) is 4. The fraction of sp³-hybridized carbons (Fsp3) is 0.400. The summed E-state index contributed by atoms with van der Waals surface area (Å²) in [5.41, 5.74) is 0.985. The Balaban J connectivity index is 2.30. The Labute approximate surface area is 94.0 Å². The SMILES string of the molecule is CS(=O)(=O)OC1CCSc2ccccc21. The summed E-state index contributed by atoms with van der Waals surface area (Å²) in [6.45, 7) is 0. The van der Waals surface area contributed by atoms with Gasteiger partial charge in [-0.15, -0.1) is 11.8 Å². The molecule has 82 valence electrons. The molecule has 0 spiro atoms. The van der Waals surface area contributed by atoms with E-state index in [4.69, 9.17) is 4.18 Å². The van der Waals surface area contributed by atoms with Crippen LogP contribution in [0.2, 0.25) is 0 Å². The van der Waals surface area contributed by atoms with Crippen molar-refractivity contribution in [3.63, 3.8) is 0 Å². The van der Waals surface area contributed by atoms with Crippen molar-refractivity contribution < 1.29 is 12.6 Å². The minimum atomic E-state index is -3.38. The van der Waals surface area contributed by atoms with Gasteiger partial charge in [-0.1, -0.05) is 18.2 Å². The molecule has 0 saturated carbocycles. The summed E-state index contributed by atoms with van der Waals surface area (Å²) in [4.78, 5) is 1.12. The van der Waals surface area contributed by atoms with Crippen molar-refractivity contribution in [3.8, 4) is 0 Å². The molecule has 0 aliphatic carbocycles. The van der Waals surface area contributed by atoms with Crippen LogP contribution in [0.15, 0.2) is 29.2 Å². The molecule has 2 rings (SSSR count). The van der Waals surface area contributed by atoms with E-state index in [1.807, 2.05) is 24.3 Å². The molecule has 0 saturated heterocycles. The number of benzene rings is 1. The van der Waals surface area contributed by atoms with Gasteiger partial charge >= 0.3 is 0 Å². The largest absolute Gasteiger partial charge is 0.264 e. The quantitative estimate of drug-likeness (QED) is 0.748. The van der Waals surface area contributed by atoms with Crippen LogP contribution in [0.25, 0.3) is 0 Å². The van der Waals surface area contributed by atoms with Crippen molar-refractivity contribution in [2.24, 2.45) is 0 Å². The van der Waals surface area contributed by atoms with E-state index in [2.05, 4.69) is 0 Å². The Morgan fingerprint density at radius 3 is 2.87 bits per heavy atom. The Kier molecular flexibility index (Phi) is 3.04. The molecule has 0 radical (unpaired) electrons. The van der Waals surface area contributed by atoms with Gasteiger partial charge in [0.2, 0.25) is 0 Å². The van der Waals surface area contributed by atoms with E-state index in [1.165, 1.54) is 0 Å². The molecule has 0 fully saturated rings. The minimum absolute atomic E-state index is 0.308. The van der Waals surface area contributed by atoms with Crippen molar-refractivity contribution in [1.29, 1.82) is 0 Å². The molecular formula is C10H12O3S2. The molecule has 1 heterocycles. The van der Waals surface area contributed by atoms with Crippen LogP contribution < -0.4 is 0 Å². The van der Waals surface area contributed by atoms with Crippen LogP contribution in [-0.4, -0.2) is 20.4 Å². The van der Waals surface area contributed by atoms with Gasteiger partial charge in [-0.3, -0.25) is 4.18 Å². The van der Waals surface area contributed by atoms with Gasteiger partial charge in [0, 0.05) is 10.6 Å². The summed E-state index contributed by atoms with van der Waals surface area (Å²) in [5.74, 6) is 0.900. The van der Waals surface area contributed by atoms with Gasteiger partial charge in [0.05, 0.1) is 6.26 Å². The first-order chi connectivity index (χ1) is 7.06. The van der Waals surface area contributed by atoms with Crippen molar-refractivity contribution in [3.05, 3.63) is 29.8 Å². The summed E-state index contributed by atoms with van der Waals surface area (Å²) in [7, 11) is -3.38. The molecule has 0 N–H and O–H groups in total. The molecule has 5 heteroatoms. The number of thioether (sulfide) groups is 1. The highest BCUT2D eigenvalue weighted by Gasteiger charge is 2.24. The Hall–Kier alpha value is -0.520. The van der Waals surface area contributed by atoms with Crippen LogP contribution in [0.4, 0.5) is 0 Å². The van der Waals surface area contributed by atoms with Crippen LogP contribution in [0.1, 0.15) is 18.1 Å². The van der Waals surface area contributed by atoms with E-state index >= 15 is 0 Å². The third-order valence-electron chi connectivity index (χ3n) is 2.19. The third kappa shape index (κ3) is 2.74. The molecule has 0 amide bonds. The van der Waals surface area contributed by atoms with E-state index in [9.17, 15) is 8.42 Å². The highest BCUT2D eigenvalue weighted by atomic mass is 32.2. The molecule has 1 aliphatic heterocycles. The fourth-order valence-corrected chi connectivity index (χ4v) is 3.34. The van der Waals surface area contributed by atoms with Gasteiger partial charge in [-0.2, -0.15) is 8.42 Å². The summed E-state index contributed by atoms with van der Waals surface area (Å²) in [6, 6.07) is 7.78. The summed E-state index contributed by atoms with van der Waals surface area (Å²) < 4.78 is 27.2. The summed E-state index contributed by atoms with van der Waals surface area (Å²) in [6.07, 6.45) is 1.53. The van der Waals surface area contributed by atoms with Crippen molar-refractivity contribution >= 4 is 21.9 Å². The third-order valence-corrected chi connectivity index (χ3v) is 3.90. The molecule has 1 unspecified atom stereocenters. The predicted molar refractivity (Wildman–Crippen MR) is 60.5 cm³/mol. The van der Waals surface area contributed by atoms with Gasteiger partial charge in [-0.05, 0) is 18.1 Å². The Morgan fingerprint density at radius 2 is 2.13 bits per heavy atom. The monoisotopic (exact) mass is 244 g/mol. The number of fused-ring (bicyclic) bond motifs is 1. The Bertz CT molecular complexity index is 453. The van der Waals surface area contributed by atoms with Crippen LogP contribution in [0, 0.1) is 0 Å². The lowest BCUT2D eigenvalue weighted by atomic mass is 10.1. The van der Waals surface area contributed by atoms with Crippen molar-refractivity contribution in [2.45, 2.75) is 17.4 Å². The van der Waals surface area contributed by atoms with E-state index in [0.717, 1.165) is 28.9 Å². The number of rotatable bonds is 2. The molecule has 1 atom stereocenters. The minimum Gasteiger partial charge on any atom is -0.262 e. The number of hydrogen-bond donors (Lipinski definition) is 0. The van der Waals surface area contributed by atoms with Crippen LogP contribution in [0.3, 0.4) is 0 Å². The predicted octanol–water partition coefficient (Wildman–Crippen LogP) is 2.20. The molecule has 15 heavy (non-hydrogen) atoms. The molecule has 1 aliphatic rings. The lowest BCUT2D eigenvalue weighted by Gasteiger charge is -2.23. The lowest BCUT2D eigenvalue weighted by molar-refractivity contribution is 0.207. The highest BCUT2D eigenvalue weighted by molar-refractivity contribution is 7.99. The molecule has 0 aromatic heterocycles. The van der Waals surface area contributed by atoms with E-state index in [1.54, 1.807) is 11.8 Å². The average molecular weight is 244 g/mol. The second-order valence-corrected chi connectivity index (χ2v) is 6.20. The molecular weight excluding hydrogens is 232 g/mol. The van der Waals surface area contributed by atoms with Gasteiger partial charge in [0.1, 0.15) is 6.10 Å². The zero-order chi connectivity index (χ0) is 10.9. The van der Waals surface area contributed by atoms with Gasteiger partial charge in [0.25, 0.3) is 10.1 Å². The topological polar surface area (TPSA) is 43.4 Å². The van der Waals surface area contributed by atoms with Gasteiger partial charge in [0.15, 0.2) is 0 Å². The standard InChI is InChI=1S/C10H12O3S2/c1-15(11,12)13-9-6-7-14-10-5-3-2-4-8(9)10/h2-5,9H,6-7H2,1H3. The second-order valence-electron chi connectivity index (χ2n) is 3.46. The van der Waals surface area contributed by atoms with E-state index in [0.29, 0.717) is 0 Å². The van der Waals surface area contributed by atoms with Crippen LogP contribution >= 0.6 is 11.8 Å².